The SMILES string of the molecule is c1ccc(-c2ccc(-c3ccc(-c4cc5nc(n4)c4cccc(c4)c4cc(ccc4-c4ccccc4)c4ccc6sc7cccc5c7c6c4)cc3)cc2)cc1. The quantitative estimate of drug-likeness (QED) is 0.181. The van der Waals surface area contributed by atoms with Crippen LogP contribution in [0.1, 0.15) is 0 Å². The highest BCUT2D eigenvalue weighted by Gasteiger charge is 2.13. The number of nitrogens with zero attached hydrogens (tertiary/aromatic N) is 2. The number of fused-ring (bicyclic) bond motifs is 11. The Balaban J connectivity index is 1.16. The topological polar surface area (TPSA) is 25.8 Å². The highest BCUT2D eigenvalue weighted by atomic mass is 32.1. The molecule has 0 fully saturated rings. The van der Waals surface area contributed by atoms with E-state index in [1.807, 2.05) is 11.3 Å². The largest absolute Gasteiger partial charge is 0.228 e. The lowest BCUT2D eigenvalue weighted by atomic mass is 9.96. The maximum atomic E-state index is 5.36. The van der Waals surface area contributed by atoms with Crippen LogP contribution in [0, 0.1) is 0 Å². The van der Waals surface area contributed by atoms with Gasteiger partial charge in [-0.2, -0.15) is 0 Å². The summed E-state index contributed by atoms with van der Waals surface area (Å²) >= 11 is 1.84. The van der Waals surface area contributed by atoms with Crippen LogP contribution in [-0.2, 0) is 0 Å². The molecule has 55 heavy (non-hydrogen) atoms. The highest BCUT2D eigenvalue weighted by molar-refractivity contribution is 7.26. The number of rotatable bonds is 4. The maximum Gasteiger partial charge on any atom is 0.160 e. The van der Waals surface area contributed by atoms with Gasteiger partial charge in [-0.1, -0.05) is 158 Å². The third-order valence-electron chi connectivity index (χ3n) is 10.9. The van der Waals surface area contributed by atoms with Crippen LogP contribution in [0.4, 0.5) is 0 Å². The van der Waals surface area contributed by atoms with E-state index < -0.39 is 0 Å². The predicted octanol–water partition coefficient (Wildman–Crippen LogP) is 14.7. The molecule has 8 bridgehead atoms. The lowest BCUT2D eigenvalue weighted by Gasteiger charge is -2.09. The normalized spacial score (nSPS) is 11.6. The minimum atomic E-state index is 0.710. The van der Waals surface area contributed by atoms with Crippen molar-refractivity contribution in [2.24, 2.45) is 0 Å². The molecule has 0 radical (unpaired) electrons. The Labute approximate surface area is 322 Å². The summed E-state index contributed by atoms with van der Waals surface area (Å²) in [5.74, 6) is 0. The molecule has 3 heterocycles. The van der Waals surface area contributed by atoms with Gasteiger partial charge in [0.05, 0.1) is 11.2 Å². The van der Waals surface area contributed by atoms with E-state index in [0.717, 1.165) is 32.9 Å². The second-order valence-electron chi connectivity index (χ2n) is 14.2. The second kappa shape index (κ2) is 12.9. The summed E-state index contributed by atoms with van der Waals surface area (Å²) in [7, 11) is 0. The molecule has 0 saturated heterocycles. The zero-order valence-corrected chi connectivity index (χ0v) is 30.6. The second-order valence-corrected chi connectivity index (χ2v) is 15.3. The Kier molecular flexibility index (Phi) is 7.39. The molecule has 3 heteroatoms. The molecule has 11 rings (SSSR count). The Hall–Kier alpha value is -6.94. The molecule has 0 spiro atoms. The third-order valence-corrected chi connectivity index (χ3v) is 12.0. The fourth-order valence-electron chi connectivity index (χ4n) is 8.06. The molecule has 0 aliphatic rings. The highest BCUT2D eigenvalue weighted by Crippen LogP contribution is 2.40. The summed E-state index contributed by atoms with van der Waals surface area (Å²) in [4.78, 5) is 10.6. The molecule has 0 amide bonds. The van der Waals surface area contributed by atoms with Crippen molar-refractivity contribution in [3.05, 3.63) is 194 Å². The van der Waals surface area contributed by atoms with Crippen LogP contribution in [-0.4, -0.2) is 9.97 Å². The number of hydrogen-bond donors (Lipinski definition) is 0. The van der Waals surface area contributed by atoms with Crippen molar-refractivity contribution in [3.63, 3.8) is 0 Å². The summed E-state index contributed by atoms with van der Waals surface area (Å²) in [6, 6.07) is 70.1. The fraction of sp³-hybridized carbons (Fsp3) is 0. The Bertz CT molecular complexity index is 3280. The van der Waals surface area contributed by atoms with Crippen molar-refractivity contribution in [2.45, 2.75) is 0 Å². The van der Waals surface area contributed by atoms with E-state index in [9.17, 15) is 0 Å². The van der Waals surface area contributed by atoms with Crippen molar-refractivity contribution in [3.8, 4) is 44.6 Å². The first-order valence-electron chi connectivity index (χ1n) is 18.6. The Morgan fingerprint density at radius 2 is 0.927 bits per heavy atom. The minimum absolute atomic E-state index is 0.710. The molecule has 0 saturated carbocycles. The van der Waals surface area contributed by atoms with Gasteiger partial charge in [-0.05, 0) is 91.3 Å². The molecule has 3 aromatic heterocycles. The number of aromatic nitrogens is 2. The molecule has 0 aliphatic heterocycles. The van der Waals surface area contributed by atoms with Crippen molar-refractivity contribution in [1.82, 2.24) is 9.97 Å². The summed E-state index contributed by atoms with van der Waals surface area (Å²) in [6.07, 6.45) is 0. The lowest BCUT2D eigenvalue weighted by molar-refractivity contribution is 1.31. The zero-order valence-electron chi connectivity index (χ0n) is 29.8. The van der Waals surface area contributed by atoms with Gasteiger partial charge in [0, 0.05) is 36.5 Å². The van der Waals surface area contributed by atoms with E-state index in [-0.39, 0.29) is 0 Å². The Morgan fingerprint density at radius 1 is 0.327 bits per heavy atom. The van der Waals surface area contributed by atoms with Crippen LogP contribution < -0.4 is 0 Å². The van der Waals surface area contributed by atoms with Crippen LogP contribution in [0.15, 0.2) is 194 Å². The van der Waals surface area contributed by atoms with Gasteiger partial charge < -0.3 is 0 Å². The van der Waals surface area contributed by atoms with E-state index in [0.29, 0.717) is 5.65 Å². The molecular formula is C52H32N2S. The van der Waals surface area contributed by atoms with Gasteiger partial charge in [0.15, 0.2) is 5.65 Å². The first-order valence-corrected chi connectivity index (χ1v) is 19.5. The van der Waals surface area contributed by atoms with Crippen molar-refractivity contribution in [1.29, 1.82) is 0 Å². The van der Waals surface area contributed by atoms with E-state index in [1.54, 1.807) is 0 Å². The molecule has 0 atom stereocenters. The number of thiophene rings is 1. The summed E-state index contributed by atoms with van der Waals surface area (Å²) in [6.45, 7) is 0. The monoisotopic (exact) mass is 716 g/mol. The first kappa shape index (κ1) is 31.6. The number of benzene rings is 8. The van der Waals surface area contributed by atoms with Gasteiger partial charge in [0.2, 0.25) is 0 Å². The third kappa shape index (κ3) is 5.56. The van der Waals surface area contributed by atoms with Gasteiger partial charge in [-0.25, -0.2) is 9.97 Å². The summed E-state index contributed by atoms with van der Waals surface area (Å²) < 4.78 is 2.52. The standard InChI is InChI=1S/C52H32N2S/c1-3-9-33(10-4-1)34-17-19-35(20-18-34)36-21-23-38(24-22-36)47-32-48-44-15-8-16-50-51(44)46-31-40(26-28-49(46)55-50)39-25-27-43(37-11-5-2-6-12-37)45(30-39)41-13-7-14-42(29-41)52(53-47)54-48/h1-32H. The van der Waals surface area contributed by atoms with Gasteiger partial charge in [-0.15, -0.1) is 11.3 Å². The van der Waals surface area contributed by atoms with Gasteiger partial charge in [-0.3, -0.25) is 0 Å². The van der Waals surface area contributed by atoms with Crippen molar-refractivity contribution in [2.75, 3.05) is 0 Å². The summed E-state index contributed by atoms with van der Waals surface area (Å²) in [5, 5.41) is 9.31. The summed E-state index contributed by atoms with van der Waals surface area (Å²) in [5.41, 5.74) is 10.8. The predicted molar refractivity (Wildman–Crippen MR) is 236 cm³/mol. The van der Waals surface area contributed by atoms with Crippen LogP contribution in [0.5, 0.6) is 0 Å². The molecule has 256 valence electrons. The van der Waals surface area contributed by atoms with Crippen molar-refractivity contribution >= 4 is 75.0 Å². The molecule has 0 N–H and O–H groups in total. The van der Waals surface area contributed by atoms with Gasteiger partial charge in [0.1, 0.15) is 0 Å². The zero-order chi connectivity index (χ0) is 36.3. The molecule has 11 aromatic rings. The van der Waals surface area contributed by atoms with E-state index >= 15 is 0 Å². The lowest BCUT2D eigenvalue weighted by Crippen LogP contribution is -1.90. The first-order chi connectivity index (χ1) is 27.2. The van der Waals surface area contributed by atoms with Crippen LogP contribution in [0.25, 0.3) is 108 Å². The van der Waals surface area contributed by atoms with Crippen LogP contribution in [0.2, 0.25) is 0 Å². The van der Waals surface area contributed by atoms with E-state index in [4.69, 9.17) is 9.97 Å². The van der Waals surface area contributed by atoms with Crippen molar-refractivity contribution < 1.29 is 0 Å². The molecule has 0 unspecified atom stereocenters. The van der Waals surface area contributed by atoms with Gasteiger partial charge in [0.25, 0.3) is 0 Å². The average Bonchev–Trinajstić information content (AvgIpc) is 3.65. The molecule has 2 nitrogen and oxygen atoms in total. The van der Waals surface area contributed by atoms with Crippen LogP contribution >= 0.6 is 11.3 Å². The molecule has 8 aromatic carbocycles. The molecule has 0 aliphatic carbocycles. The van der Waals surface area contributed by atoms with E-state index in [1.165, 1.54) is 69.7 Å². The Morgan fingerprint density at radius 3 is 1.65 bits per heavy atom. The van der Waals surface area contributed by atoms with Crippen LogP contribution in [0.3, 0.4) is 0 Å². The smallest absolute Gasteiger partial charge is 0.160 e. The molecular weight excluding hydrogens is 685 g/mol. The van der Waals surface area contributed by atoms with Gasteiger partial charge >= 0.3 is 0 Å². The fourth-order valence-corrected chi connectivity index (χ4v) is 9.17. The minimum Gasteiger partial charge on any atom is -0.228 e. The number of hydrogen-bond acceptors (Lipinski definition) is 3. The average molecular weight is 717 g/mol. The maximum absolute atomic E-state index is 5.36. The van der Waals surface area contributed by atoms with E-state index in [2.05, 4.69) is 194 Å².